The van der Waals surface area contributed by atoms with Gasteiger partial charge in [-0.05, 0) is 55.3 Å². The van der Waals surface area contributed by atoms with E-state index in [1.54, 1.807) is 48.5 Å². The molecule has 3 heterocycles. The minimum atomic E-state index is -4.07. The number of nitrogens with one attached hydrogen (secondary N) is 1. The zero-order chi connectivity index (χ0) is 26.0. The van der Waals surface area contributed by atoms with Gasteiger partial charge in [-0.25, -0.2) is 22.1 Å². The molecule has 188 valence electrons. The van der Waals surface area contributed by atoms with Crippen LogP contribution >= 0.6 is 0 Å². The van der Waals surface area contributed by atoms with E-state index < -0.39 is 15.8 Å². The second kappa shape index (κ2) is 8.15. The molecule has 3 N–H and O–H groups in total. The predicted molar refractivity (Wildman–Crippen MR) is 144 cm³/mol. The number of ketones is 1. The molecule has 6 aromatic rings. The van der Waals surface area contributed by atoms with E-state index in [0.717, 1.165) is 33.7 Å². The van der Waals surface area contributed by atoms with Crippen LogP contribution in [0.25, 0.3) is 27.6 Å². The third kappa shape index (κ3) is 3.45. The van der Waals surface area contributed by atoms with Gasteiger partial charge in [0.1, 0.15) is 17.3 Å². The maximum Gasteiger partial charge on any atom is 0.268 e. The van der Waals surface area contributed by atoms with Crippen molar-refractivity contribution >= 4 is 43.6 Å². The summed E-state index contributed by atoms with van der Waals surface area (Å²) in [7, 11) is -4.07. The number of nitrogens with two attached hydrogens (primary N) is 1. The fourth-order valence-corrected chi connectivity index (χ4v) is 6.35. The Labute approximate surface area is 217 Å². The molecular formula is C28H22N6O3S. The lowest BCUT2D eigenvalue weighted by Gasteiger charge is -2.11. The Kier molecular flexibility index (Phi) is 4.83. The van der Waals surface area contributed by atoms with Crippen molar-refractivity contribution in [2.24, 2.45) is 0 Å². The largest absolute Gasteiger partial charge is 0.383 e. The van der Waals surface area contributed by atoms with Crippen molar-refractivity contribution in [2.45, 2.75) is 23.7 Å². The Morgan fingerprint density at radius 2 is 1.74 bits per heavy atom. The number of aromatic nitrogens is 5. The average Bonchev–Trinajstić information content (AvgIpc) is 3.40. The van der Waals surface area contributed by atoms with Gasteiger partial charge >= 0.3 is 0 Å². The first-order valence-electron chi connectivity index (χ1n) is 12.2. The van der Waals surface area contributed by atoms with E-state index in [1.807, 2.05) is 18.2 Å². The van der Waals surface area contributed by atoms with E-state index in [1.165, 1.54) is 23.0 Å². The van der Waals surface area contributed by atoms with Crippen LogP contribution in [0.3, 0.4) is 0 Å². The number of nitrogen functional groups attached to an aromatic ring is 1. The smallest absolute Gasteiger partial charge is 0.268 e. The van der Waals surface area contributed by atoms with Gasteiger partial charge in [-0.2, -0.15) is 5.10 Å². The number of hydrogen-bond acceptors (Lipinski definition) is 6. The monoisotopic (exact) mass is 522 g/mol. The molecule has 10 heteroatoms. The topological polar surface area (TPSA) is 129 Å². The third-order valence-corrected chi connectivity index (χ3v) is 8.67. The summed E-state index contributed by atoms with van der Waals surface area (Å²) in [5, 5.41) is 4.99. The van der Waals surface area contributed by atoms with Gasteiger partial charge < -0.3 is 10.7 Å². The van der Waals surface area contributed by atoms with Gasteiger partial charge in [0.2, 0.25) is 5.78 Å². The standard InChI is InChI=1S/C28H22N6O3S/c29-27-21(16-30-33(27)19-12-13-22-23(15-19)32-28(31-22)17-10-11-17)26(35)25-14-18-6-4-5-9-24(18)34(25)38(36,37)20-7-2-1-3-8-20/h1-9,12-17H,10-11,29H2,(H,31,32). The van der Waals surface area contributed by atoms with Crippen LogP contribution in [0.1, 0.15) is 40.6 Å². The van der Waals surface area contributed by atoms with Crippen LogP contribution in [0.5, 0.6) is 0 Å². The van der Waals surface area contributed by atoms with Crippen molar-refractivity contribution in [3.63, 3.8) is 0 Å². The number of aromatic amines is 1. The maximum atomic E-state index is 13.8. The Balaban J connectivity index is 1.33. The van der Waals surface area contributed by atoms with Crippen LogP contribution in [0, 0.1) is 0 Å². The molecule has 3 aromatic carbocycles. The van der Waals surface area contributed by atoms with Crippen molar-refractivity contribution in [1.82, 2.24) is 23.7 Å². The second-order valence-corrected chi connectivity index (χ2v) is 11.2. The second-order valence-electron chi connectivity index (χ2n) is 9.45. The molecule has 0 unspecified atom stereocenters. The van der Waals surface area contributed by atoms with Crippen LogP contribution in [-0.4, -0.2) is 37.9 Å². The number of benzene rings is 3. The molecule has 0 saturated heterocycles. The van der Waals surface area contributed by atoms with E-state index in [-0.39, 0.29) is 22.0 Å². The number of para-hydroxylation sites is 1. The van der Waals surface area contributed by atoms with Gasteiger partial charge in [0.15, 0.2) is 0 Å². The van der Waals surface area contributed by atoms with Crippen LogP contribution in [-0.2, 0) is 10.0 Å². The first-order chi connectivity index (χ1) is 18.4. The van der Waals surface area contributed by atoms with Crippen molar-refractivity contribution in [3.05, 3.63) is 102 Å². The third-order valence-electron chi connectivity index (χ3n) is 6.93. The van der Waals surface area contributed by atoms with Gasteiger partial charge in [0.05, 0.1) is 38.9 Å². The van der Waals surface area contributed by atoms with E-state index in [2.05, 4.69) is 10.1 Å². The van der Waals surface area contributed by atoms with E-state index in [4.69, 9.17) is 10.7 Å². The molecule has 38 heavy (non-hydrogen) atoms. The molecule has 1 saturated carbocycles. The maximum absolute atomic E-state index is 13.8. The summed E-state index contributed by atoms with van der Waals surface area (Å²) in [6.45, 7) is 0. The Bertz CT molecular complexity index is 1980. The first kappa shape index (κ1) is 22.5. The summed E-state index contributed by atoms with van der Waals surface area (Å²) >= 11 is 0. The van der Waals surface area contributed by atoms with E-state index in [0.29, 0.717) is 22.5 Å². The van der Waals surface area contributed by atoms with Crippen LogP contribution < -0.4 is 5.73 Å². The fourth-order valence-electron chi connectivity index (χ4n) is 4.82. The Morgan fingerprint density at radius 3 is 2.53 bits per heavy atom. The van der Waals surface area contributed by atoms with Crippen molar-refractivity contribution in [1.29, 1.82) is 0 Å². The number of H-pyrrole nitrogens is 1. The highest BCUT2D eigenvalue weighted by molar-refractivity contribution is 7.90. The molecule has 0 spiro atoms. The number of rotatable bonds is 6. The Hall–Kier alpha value is -4.70. The van der Waals surface area contributed by atoms with Gasteiger partial charge in [0, 0.05) is 11.3 Å². The van der Waals surface area contributed by atoms with Crippen molar-refractivity contribution in [3.8, 4) is 5.69 Å². The highest BCUT2D eigenvalue weighted by Crippen LogP contribution is 2.39. The van der Waals surface area contributed by atoms with Gasteiger partial charge in [-0.3, -0.25) is 4.79 Å². The van der Waals surface area contributed by atoms with E-state index >= 15 is 0 Å². The van der Waals surface area contributed by atoms with Crippen LogP contribution in [0.4, 0.5) is 5.82 Å². The number of nitrogens with zero attached hydrogens (tertiary/aromatic N) is 4. The molecule has 3 aromatic heterocycles. The summed E-state index contributed by atoms with van der Waals surface area (Å²) < 4.78 is 30.0. The van der Waals surface area contributed by atoms with Crippen molar-refractivity contribution in [2.75, 3.05) is 5.73 Å². The molecule has 0 atom stereocenters. The van der Waals surface area contributed by atoms with Gasteiger partial charge in [-0.15, -0.1) is 0 Å². The quantitative estimate of drug-likeness (QED) is 0.307. The van der Waals surface area contributed by atoms with Crippen LogP contribution in [0.15, 0.2) is 90.0 Å². The molecule has 1 fully saturated rings. The summed E-state index contributed by atoms with van der Waals surface area (Å²) in [5.74, 6) is 1.04. The fraction of sp³-hybridized carbons (Fsp3) is 0.107. The lowest BCUT2D eigenvalue weighted by atomic mass is 10.1. The highest BCUT2D eigenvalue weighted by atomic mass is 32.2. The number of carbonyl (C=O) groups excluding carboxylic acids is 1. The molecular weight excluding hydrogens is 500 g/mol. The van der Waals surface area contributed by atoms with Gasteiger partial charge in [0.25, 0.3) is 10.0 Å². The SMILES string of the molecule is Nc1c(C(=O)c2cc3ccccc3n2S(=O)(=O)c2ccccc2)cnn1-c1ccc2[nH]c(C3CC3)nc2c1. The summed E-state index contributed by atoms with van der Waals surface area (Å²) in [4.78, 5) is 22.0. The minimum absolute atomic E-state index is 0.0156. The highest BCUT2D eigenvalue weighted by Gasteiger charge is 2.29. The average molecular weight is 523 g/mol. The van der Waals surface area contributed by atoms with E-state index in [9.17, 15) is 13.2 Å². The van der Waals surface area contributed by atoms with Crippen LogP contribution in [0.2, 0.25) is 0 Å². The summed E-state index contributed by atoms with van der Waals surface area (Å²) in [6, 6.07) is 22.2. The lowest BCUT2D eigenvalue weighted by molar-refractivity contribution is 0.103. The number of imidazole rings is 1. The number of fused-ring (bicyclic) bond motifs is 2. The number of hydrogen-bond donors (Lipinski definition) is 2. The molecule has 0 bridgehead atoms. The van der Waals surface area contributed by atoms with Crippen molar-refractivity contribution < 1.29 is 13.2 Å². The lowest BCUT2D eigenvalue weighted by Crippen LogP contribution is -2.19. The molecule has 7 rings (SSSR count). The zero-order valence-corrected chi connectivity index (χ0v) is 20.9. The van der Waals surface area contributed by atoms with Gasteiger partial charge in [-0.1, -0.05) is 36.4 Å². The normalized spacial score (nSPS) is 13.9. The predicted octanol–water partition coefficient (Wildman–Crippen LogP) is 4.63. The molecule has 0 radical (unpaired) electrons. The molecule has 9 nitrogen and oxygen atoms in total. The number of anilines is 1. The molecule has 0 aliphatic heterocycles. The minimum Gasteiger partial charge on any atom is -0.383 e. The molecule has 1 aliphatic carbocycles. The zero-order valence-electron chi connectivity index (χ0n) is 20.1. The summed E-state index contributed by atoms with van der Waals surface area (Å²) in [5.41, 5.74) is 9.31. The first-order valence-corrected chi connectivity index (χ1v) is 13.6. The Morgan fingerprint density at radius 1 is 0.974 bits per heavy atom. The molecule has 0 amide bonds. The summed E-state index contributed by atoms with van der Waals surface area (Å²) in [6.07, 6.45) is 3.65. The number of carbonyl (C=O) groups is 1. The molecule has 1 aliphatic rings.